The van der Waals surface area contributed by atoms with Crippen molar-refractivity contribution in [2.24, 2.45) is 5.92 Å². The normalized spacial score (nSPS) is 14.9. The van der Waals surface area contributed by atoms with Gasteiger partial charge in [0.1, 0.15) is 5.69 Å². The van der Waals surface area contributed by atoms with Crippen LogP contribution < -0.4 is 9.80 Å². The number of carbonyl (C=O) groups excluding carboxylic acids is 1. The van der Waals surface area contributed by atoms with Gasteiger partial charge in [-0.25, -0.2) is 0 Å². The number of piperidine rings is 1. The van der Waals surface area contributed by atoms with Gasteiger partial charge in [0.2, 0.25) is 5.91 Å². The van der Waals surface area contributed by atoms with Crippen molar-refractivity contribution in [3.8, 4) is 10.6 Å². The first-order chi connectivity index (χ1) is 13.6. The first-order valence-corrected chi connectivity index (χ1v) is 10.5. The van der Waals surface area contributed by atoms with Crippen LogP contribution in [0.2, 0.25) is 0 Å². The molecule has 0 unspecified atom stereocenters. The molecule has 0 bridgehead atoms. The van der Waals surface area contributed by atoms with Gasteiger partial charge in [0, 0.05) is 31.7 Å². The van der Waals surface area contributed by atoms with Crippen molar-refractivity contribution < 1.29 is 4.79 Å². The number of hydrogen-bond donors (Lipinski definition) is 0. The summed E-state index contributed by atoms with van der Waals surface area (Å²) in [5, 5.41) is 10.8. The number of thiophene rings is 1. The molecular formula is C22H24N4OS. The monoisotopic (exact) mass is 392 g/mol. The molecule has 1 aliphatic heterocycles. The Hall–Kier alpha value is -2.73. The molecule has 0 spiro atoms. The van der Waals surface area contributed by atoms with Crippen LogP contribution in [0.5, 0.6) is 0 Å². The first kappa shape index (κ1) is 18.6. The molecule has 5 nitrogen and oxygen atoms in total. The van der Waals surface area contributed by atoms with E-state index in [0.717, 1.165) is 53.6 Å². The predicted octanol–water partition coefficient (Wildman–Crippen LogP) is 4.39. The van der Waals surface area contributed by atoms with Crippen LogP contribution in [0.1, 0.15) is 18.4 Å². The smallest absolute Gasteiger partial charge is 0.229 e. The number of hydrogen-bond acceptors (Lipinski definition) is 5. The van der Waals surface area contributed by atoms with Gasteiger partial charge in [-0.15, -0.1) is 21.5 Å². The maximum atomic E-state index is 12.9. The molecule has 3 heterocycles. The van der Waals surface area contributed by atoms with Crippen molar-refractivity contribution >= 4 is 28.7 Å². The quantitative estimate of drug-likeness (QED) is 0.661. The summed E-state index contributed by atoms with van der Waals surface area (Å²) in [6.45, 7) is 3.70. The number of anilines is 2. The lowest BCUT2D eigenvalue weighted by molar-refractivity contribution is -0.122. The third-order valence-electron chi connectivity index (χ3n) is 5.31. The summed E-state index contributed by atoms with van der Waals surface area (Å²) in [6.07, 6.45) is 1.67. The molecule has 1 saturated heterocycles. The van der Waals surface area contributed by atoms with Crippen LogP contribution in [-0.4, -0.2) is 36.2 Å². The van der Waals surface area contributed by atoms with Gasteiger partial charge in [-0.1, -0.05) is 18.2 Å². The van der Waals surface area contributed by atoms with Gasteiger partial charge >= 0.3 is 0 Å². The van der Waals surface area contributed by atoms with E-state index in [-0.39, 0.29) is 11.8 Å². The Balaban J connectivity index is 1.37. The molecule has 1 aliphatic rings. The minimum absolute atomic E-state index is 0.0557. The highest BCUT2D eigenvalue weighted by Gasteiger charge is 2.28. The zero-order valence-corrected chi connectivity index (χ0v) is 17.0. The van der Waals surface area contributed by atoms with E-state index in [0.29, 0.717) is 0 Å². The molecule has 1 aromatic carbocycles. The summed E-state index contributed by atoms with van der Waals surface area (Å²) >= 11 is 1.66. The Bertz CT molecular complexity index is 931. The molecule has 0 aliphatic carbocycles. The van der Waals surface area contributed by atoms with Gasteiger partial charge in [0.05, 0.1) is 4.88 Å². The second kappa shape index (κ2) is 8.10. The first-order valence-electron chi connectivity index (χ1n) is 9.58. The van der Waals surface area contributed by atoms with Crippen LogP contribution in [-0.2, 0) is 4.79 Å². The molecule has 1 amide bonds. The van der Waals surface area contributed by atoms with E-state index in [4.69, 9.17) is 0 Å². The van der Waals surface area contributed by atoms with E-state index in [2.05, 4.69) is 27.2 Å². The van der Waals surface area contributed by atoms with Crippen molar-refractivity contribution in [2.75, 3.05) is 29.9 Å². The lowest BCUT2D eigenvalue weighted by Gasteiger charge is -2.33. The fourth-order valence-corrected chi connectivity index (χ4v) is 4.33. The Morgan fingerprint density at radius 2 is 1.93 bits per heavy atom. The average molecular weight is 393 g/mol. The number of rotatable bonds is 4. The third kappa shape index (κ3) is 3.92. The highest BCUT2D eigenvalue weighted by atomic mass is 32.1. The van der Waals surface area contributed by atoms with Gasteiger partial charge in [-0.05, 0) is 61.0 Å². The summed E-state index contributed by atoms with van der Waals surface area (Å²) in [6, 6.07) is 16.2. The standard InChI is InChI=1S/C22H24N4OS/c1-16-5-3-6-18(15-16)25(2)22(27)17-10-12-26(13-11-17)21-9-8-19(23-24-21)20-7-4-14-28-20/h3-9,14-15,17H,10-13H2,1-2H3. The molecule has 0 atom stereocenters. The van der Waals surface area contributed by atoms with Crippen molar-refractivity contribution in [1.82, 2.24) is 10.2 Å². The number of aryl methyl sites for hydroxylation is 1. The molecule has 28 heavy (non-hydrogen) atoms. The highest BCUT2D eigenvalue weighted by Crippen LogP contribution is 2.27. The zero-order valence-electron chi connectivity index (χ0n) is 16.2. The molecule has 1 fully saturated rings. The van der Waals surface area contributed by atoms with Crippen LogP contribution in [0, 0.1) is 12.8 Å². The second-order valence-corrected chi connectivity index (χ2v) is 8.20. The molecule has 2 aromatic heterocycles. The Kier molecular flexibility index (Phi) is 5.39. The second-order valence-electron chi connectivity index (χ2n) is 7.25. The fraction of sp³-hybridized carbons (Fsp3) is 0.318. The minimum atomic E-state index is 0.0557. The van der Waals surface area contributed by atoms with Crippen LogP contribution in [0.15, 0.2) is 53.9 Å². The summed E-state index contributed by atoms with van der Waals surface area (Å²) in [5.41, 5.74) is 3.03. The molecule has 4 rings (SSSR count). The lowest BCUT2D eigenvalue weighted by Crippen LogP contribution is -2.41. The van der Waals surface area contributed by atoms with E-state index in [9.17, 15) is 4.79 Å². The largest absolute Gasteiger partial charge is 0.355 e. The lowest BCUT2D eigenvalue weighted by atomic mass is 9.95. The van der Waals surface area contributed by atoms with Crippen LogP contribution in [0.3, 0.4) is 0 Å². The highest BCUT2D eigenvalue weighted by molar-refractivity contribution is 7.13. The molecule has 0 radical (unpaired) electrons. The van der Waals surface area contributed by atoms with Crippen molar-refractivity contribution in [3.63, 3.8) is 0 Å². The van der Waals surface area contributed by atoms with Crippen LogP contribution >= 0.6 is 11.3 Å². The Labute approximate surface area is 169 Å². The predicted molar refractivity (Wildman–Crippen MR) is 115 cm³/mol. The SMILES string of the molecule is Cc1cccc(N(C)C(=O)C2CCN(c3ccc(-c4cccs4)nn3)CC2)c1. The summed E-state index contributed by atoms with van der Waals surface area (Å²) in [7, 11) is 1.87. The third-order valence-corrected chi connectivity index (χ3v) is 6.20. The summed E-state index contributed by atoms with van der Waals surface area (Å²) in [4.78, 5) is 18.1. The van der Waals surface area contributed by atoms with Crippen molar-refractivity contribution in [1.29, 1.82) is 0 Å². The summed E-state index contributed by atoms with van der Waals surface area (Å²) in [5.74, 6) is 1.14. The van der Waals surface area contributed by atoms with E-state index < -0.39 is 0 Å². The number of benzene rings is 1. The maximum Gasteiger partial charge on any atom is 0.229 e. The van der Waals surface area contributed by atoms with Crippen LogP contribution in [0.4, 0.5) is 11.5 Å². The van der Waals surface area contributed by atoms with Crippen molar-refractivity contribution in [2.45, 2.75) is 19.8 Å². The minimum Gasteiger partial charge on any atom is -0.355 e. The molecule has 6 heteroatoms. The van der Waals surface area contributed by atoms with E-state index >= 15 is 0 Å². The van der Waals surface area contributed by atoms with Crippen LogP contribution in [0.25, 0.3) is 10.6 Å². The number of carbonyl (C=O) groups is 1. The van der Waals surface area contributed by atoms with E-state index in [1.807, 2.05) is 55.7 Å². The topological polar surface area (TPSA) is 49.3 Å². The number of amides is 1. The summed E-state index contributed by atoms with van der Waals surface area (Å²) < 4.78 is 0. The Morgan fingerprint density at radius 3 is 2.57 bits per heavy atom. The zero-order chi connectivity index (χ0) is 19.5. The molecular weight excluding hydrogens is 368 g/mol. The average Bonchev–Trinajstić information content (AvgIpc) is 3.28. The molecule has 0 saturated carbocycles. The number of aromatic nitrogens is 2. The van der Waals surface area contributed by atoms with Gasteiger partial charge in [-0.2, -0.15) is 0 Å². The molecule has 3 aromatic rings. The van der Waals surface area contributed by atoms with Gasteiger partial charge in [0.25, 0.3) is 0 Å². The van der Waals surface area contributed by atoms with Gasteiger partial charge < -0.3 is 9.80 Å². The Morgan fingerprint density at radius 1 is 1.11 bits per heavy atom. The van der Waals surface area contributed by atoms with E-state index in [1.54, 1.807) is 16.2 Å². The van der Waals surface area contributed by atoms with Gasteiger partial charge in [-0.3, -0.25) is 4.79 Å². The molecule has 0 N–H and O–H groups in total. The van der Waals surface area contributed by atoms with Gasteiger partial charge in [0.15, 0.2) is 5.82 Å². The number of nitrogens with zero attached hydrogens (tertiary/aromatic N) is 4. The molecule has 144 valence electrons. The van der Waals surface area contributed by atoms with E-state index in [1.165, 1.54) is 0 Å². The maximum absolute atomic E-state index is 12.9. The van der Waals surface area contributed by atoms with Crippen molar-refractivity contribution in [3.05, 3.63) is 59.5 Å². The fourth-order valence-electron chi connectivity index (χ4n) is 3.64.